The summed E-state index contributed by atoms with van der Waals surface area (Å²) in [7, 11) is 1.85. The zero-order chi connectivity index (χ0) is 15.7. The lowest BCUT2D eigenvalue weighted by atomic mass is 10.0. The Kier molecular flexibility index (Phi) is 3.90. The highest BCUT2D eigenvalue weighted by Gasteiger charge is 2.11. The summed E-state index contributed by atoms with van der Waals surface area (Å²) in [5.41, 5.74) is 6.67. The van der Waals surface area contributed by atoms with E-state index in [1.807, 2.05) is 14.0 Å². The van der Waals surface area contributed by atoms with E-state index in [4.69, 9.17) is 4.98 Å². The molecule has 0 saturated carbocycles. The lowest BCUT2D eigenvalue weighted by Crippen LogP contribution is -1.93. The molecule has 0 spiro atoms. The lowest BCUT2D eigenvalue weighted by molar-refractivity contribution is 1.08. The van der Waals surface area contributed by atoms with Crippen LogP contribution in [0.2, 0.25) is 0 Å². The predicted octanol–water partition coefficient (Wildman–Crippen LogP) is 4.23. The molecule has 2 aromatic heterocycles. The van der Waals surface area contributed by atoms with Crippen LogP contribution >= 0.6 is 11.3 Å². The second-order valence-corrected chi connectivity index (χ2v) is 6.29. The molecule has 0 unspecified atom stereocenters. The largest absolute Gasteiger partial charge is 0.363 e. The maximum absolute atomic E-state index is 4.78. The van der Waals surface area contributed by atoms with E-state index in [9.17, 15) is 0 Å². The zero-order valence-electron chi connectivity index (χ0n) is 13.1. The Hall–Kier alpha value is -2.27. The van der Waals surface area contributed by atoms with Gasteiger partial charge in [0.15, 0.2) is 5.01 Å². The van der Waals surface area contributed by atoms with E-state index in [1.54, 1.807) is 0 Å². The number of anilines is 1. The van der Waals surface area contributed by atoms with Crippen LogP contribution in [0.15, 0.2) is 30.3 Å². The highest BCUT2D eigenvalue weighted by molar-refractivity contribution is 7.18. The van der Waals surface area contributed by atoms with E-state index in [1.165, 1.54) is 28.0 Å². The molecule has 0 amide bonds. The van der Waals surface area contributed by atoms with Gasteiger partial charge in [0, 0.05) is 23.9 Å². The summed E-state index contributed by atoms with van der Waals surface area (Å²) in [6.07, 6.45) is 0. The van der Waals surface area contributed by atoms with Crippen molar-refractivity contribution in [2.75, 3.05) is 12.4 Å². The first kappa shape index (κ1) is 14.7. The number of aromatic nitrogens is 3. The van der Waals surface area contributed by atoms with E-state index < -0.39 is 0 Å². The Bertz CT molecular complexity index is 823. The van der Waals surface area contributed by atoms with Crippen LogP contribution in [-0.4, -0.2) is 22.2 Å². The maximum atomic E-state index is 4.78. The maximum Gasteiger partial charge on any atom is 0.205 e. The van der Waals surface area contributed by atoms with Gasteiger partial charge in [-0.15, -0.1) is 10.2 Å². The van der Waals surface area contributed by atoms with Crippen LogP contribution in [0.1, 0.15) is 16.8 Å². The van der Waals surface area contributed by atoms with Crippen molar-refractivity contribution >= 4 is 16.5 Å². The van der Waals surface area contributed by atoms with Gasteiger partial charge in [0.25, 0.3) is 0 Å². The van der Waals surface area contributed by atoms with E-state index in [-0.39, 0.29) is 0 Å². The van der Waals surface area contributed by atoms with Gasteiger partial charge in [-0.2, -0.15) is 0 Å². The molecule has 0 aliphatic rings. The molecule has 22 heavy (non-hydrogen) atoms. The van der Waals surface area contributed by atoms with Crippen LogP contribution in [-0.2, 0) is 0 Å². The van der Waals surface area contributed by atoms with E-state index >= 15 is 0 Å². The molecule has 0 aliphatic carbocycles. The monoisotopic (exact) mass is 310 g/mol. The molecule has 0 radical (unpaired) electrons. The van der Waals surface area contributed by atoms with Crippen molar-refractivity contribution in [2.45, 2.75) is 20.8 Å². The average molecular weight is 310 g/mol. The van der Waals surface area contributed by atoms with Gasteiger partial charge in [-0.25, -0.2) is 0 Å². The minimum absolute atomic E-state index is 0.813. The van der Waals surface area contributed by atoms with E-state index in [0.29, 0.717) is 0 Å². The minimum Gasteiger partial charge on any atom is -0.363 e. The molecule has 1 aromatic carbocycles. The fourth-order valence-corrected chi connectivity index (χ4v) is 3.16. The number of aryl methyl sites for hydroxylation is 3. The summed E-state index contributed by atoms with van der Waals surface area (Å²) in [4.78, 5) is 4.78. The van der Waals surface area contributed by atoms with Crippen molar-refractivity contribution < 1.29 is 0 Å². The molecule has 5 heteroatoms. The summed E-state index contributed by atoms with van der Waals surface area (Å²) >= 11 is 1.53. The van der Waals surface area contributed by atoms with E-state index in [0.717, 1.165) is 27.1 Å². The van der Waals surface area contributed by atoms with Gasteiger partial charge < -0.3 is 5.32 Å². The van der Waals surface area contributed by atoms with Gasteiger partial charge in [-0.05, 0) is 44.5 Å². The molecular formula is C17H18N4S. The second-order valence-electron chi connectivity index (χ2n) is 5.31. The first-order valence-corrected chi connectivity index (χ1v) is 7.97. The third kappa shape index (κ3) is 2.72. The molecule has 1 N–H and O–H groups in total. The van der Waals surface area contributed by atoms with Gasteiger partial charge in [0.1, 0.15) is 0 Å². The SMILES string of the molecule is CNc1nnc(-c2ccc(-c3cc(C)ccc3C)nc2C)s1. The number of pyridine rings is 1. The number of rotatable bonds is 3. The normalized spacial score (nSPS) is 10.7. The summed E-state index contributed by atoms with van der Waals surface area (Å²) in [6, 6.07) is 10.6. The molecule has 112 valence electrons. The fourth-order valence-electron chi connectivity index (χ4n) is 2.38. The van der Waals surface area contributed by atoms with E-state index in [2.05, 4.69) is 59.7 Å². The number of hydrogen-bond acceptors (Lipinski definition) is 5. The predicted molar refractivity (Wildman–Crippen MR) is 92.3 cm³/mol. The molecule has 0 bridgehead atoms. The third-order valence-corrected chi connectivity index (χ3v) is 4.60. The third-order valence-electron chi connectivity index (χ3n) is 3.62. The number of nitrogens with one attached hydrogen (secondary N) is 1. The molecule has 0 atom stereocenters. The smallest absolute Gasteiger partial charge is 0.205 e. The Balaban J connectivity index is 2.03. The Labute approximate surface area is 134 Å². The molecule has 0 aliphatic heterocycles. The van der Waals surface area contributed by atoms with Gasteiger partial charge in [-0.1, -0.05) is 29.0 Å². The molecule has 0 fully saturated rings. The topological polar surface area (TPSA) is 50.7 Å². The highest BCUT2D eigenvalue weighted by atomic mass is 32.1. The number of benzene rings is 1. The summed E-state index contributed by atoms with van der Waals surface area (Å²) in [6.45, 7) is 6.23. The van der Waals surface area contributed by atoms with Gasteiger partial charge in [0.2, 0.25) is 5.13 Å². The number of nitrogens with zero attached hydrogens (tertiary/aromatic N) is 3. The fraction of sp³-hybridized carbons (Fsp3) is 0.235. The summed E-state index contributed by atoms with van der Waals surface area (Å²) in [5.74, 6) is 0. The first-order chi connectivity index (χ1) is 10.6. The van der Waals surface area contributed by atoms with Crippen molar-refractivity contribution in [1.29, 1.82) is 0 Å². The molecule has 0 saturated heterocycles. The van der Waals surface area contributed by atoms with Crippen LogP contribution in [0.4, 0.5) is 5.13 Å². The lowest BCUT2D eigenvalue weighted by Gasteiger charge is -2.09. The molecule has 2 heterocycles. The Morgan fingerprint density at radius 3 is 2.45 bits per heavy atom. The van der Waals surface area contributed by atoms with Gasteiger partial charge in [-0.3, -0.25) is 4.98 Å². The van der Waals surface area contributed by atoms with Crippen molar-refractivity contribution in [3.63, 3.8) is 0 Å². The molecule has 3 rings (SSSR count). The van der Waals surface area contributed by atoms with Crippen LogP contribution in [0.25, 0.3) is 21.8 Å². The molecular weight excluding hydrogens is 292 g/mol. The summed E-state index contributed by atoms with van der Waals surface area (Å²) < 4.78 is 0. The first-order valence-electron chi connectivity index (χ1n) is 7.15. The van der Waals surface area contributed by atoms with Gasteiger partial charge >= 0.3 is 0 Å². The quantitative estimate of drug-likeness (QED) is 0.786. The Morgan fingerprint density at radius 1 is 0.955 bits per heavy atom. The van der Waals surface area contributed by atoms with Crippen LogP contribution < -0.4 is 5.32 Å². The van der Waals surface area contributed by atoms with Crippen molar-refractivity contribution in [3.05, 3.63) is 47.2 Å². The number of hydrogen-bond donors (Lipinski definition) is 1. The highest BCUT2D eigenvalue weighted by Crippen LogP contribution is 2.30. The Morgan fingerprint density at radius 2 is 1.77 bits per heavy atom. The second kappa shape index (κ2) is 5.85. The van der Waals surface area contributed by atoms with Gasteiger partial charge in [0.05, 0.1) is 5.69 Å². The van der Waals surface area contributed by atoms with Crippen LogP contribution in [0.3, 0.4) is 0 Å². The average Bonchev–Trinajstić information content (AvgIpc) is 2.98. The summed E-state index contributed by atoms with van der Waals surface area (Å²) in [5, 5.41) is 13.0. The van der Waals surface area contributed by atoms with Crippen molar-refractivity contribution in [2.24, 2.45) is 0 Å². The standard InChI is InChI=1S/C17H18N4S/c1-10-5-6-11(2)14(9-10)15-8-7-13(12(3)19-15)16-20-21-17(18-4)22-16/h5-9H,1-4H3,(H,18,21). The minimum atomic E-state index is 0.813. The molecule has 4 nitrogen and oxygen atoms in total. The van der Waals surface area contributed by atoms with Crippen LogP contribution in [0, 0.1) is 20.8 Å². The van der Waals surface area contributed by atoms with Crippen molar-refractivity contribution in [3.8, 4) is 21.8 Å². The van der Waals surface area contributed by atoms with Crippen LogP contribution in [0.5, 0.6) is 0 Å². The van der Waals surface area contributed by atoms with Crippen molar-refractivity contribution in [1.82, 2.24) is 15.2 Å². The zero-order valence-corrected chi connectivity index (χ0v) is 14.0. The molecule has 3 aromatic rings.